The minimum Gasteiger partial charge on any atom is -0.386 e. The molecule has 0 aromatic rings. The Labute approximate surface area is 97.9 Å². The molecule has 0 saturated heterocycles. The van der Waals surface area contributed by atoms with E-state index in [0.717, 1.165) is 19.3 Å². The van der Waals surface area contributed by atoms with Crippen molar-refractivity contribution in [2.24, 2.45) is 17.2 Å². The maximum Gasteiger partial charge on any atom is 0.639 e. The Bertz CT molecular complexity index is 119. The molecule has 0 aliphatic rings. The van der Waals surface area contributed by atoms with Gasteiger partial charge in [0.1, 0.15) is 0 Å². The smallest absolute Gasteiger partial charge is 0.386 e. The molecular weight excluding hydrogens is 209 g/mol. The van der Waals surface area contributed by atoms with E-state index in [-0.39, 0.29) is 0 Å². The Morgan fingerprint density at radius 2 is 0.938 bits per heavy atom. The van der Waals surface area contributed by atoms with Crippen molar-refractivity contribution in [3.05, 3.63) is 0 Å². The molecule has 0 atom stereocenters. The van der Waals surface area contributed by atoms with Gasteiger partial charge in [0.25, 0.3) is 0 Å². The molecule has 0 saturated carbocycles. The highest BCUT2D eigenvalue weighted by Gasteiger charge is 2.20. The normalized spacial score (nSPS) is 10.7. The van der Waals surface area contributed by atoms with Gasteiger partial charge in [-0.15, -0.1) is 0 Å². The molecule has 0 aliphatic carbocycles. The lowest BCUT2D eigenvalue weighted by molar-refractivity contribution is 0.0918. The molecule has 0 radical (unpaired) electrons. The van der Waals surface area contributed by atoms with Crippen LogP contribution in [-0.4, -0.2) is 46.8 Å². The Morgan fingerprint density at radius 3 is 1.19 bits per heavy atom. The van der Waals surface area contributed by atoms with E-state index in [1.807, 2.05) is 0 Å². The summed E-state index contributed by atoms with van der Waals surface area (Å²) >= 11 is 0. The molecule has 0 rings (SSSR count). The van der Waals surface area contributed by atoms with Crippen LogP contribution < -0.4 is 17.2 Å². The van der Waals surface area contributed by atoms with E-state index in [1.54, 1.807) is 0 Å². The van der Waals surface area contributed by atoms with Gasteiger partial charge in [-0.3, -0.25) is 0 Å². The van der Waals surface area contributed by atoms with Crippen molar-refractivity contribution in [2.45, 2.75) is 19.3 Å². The van der Waals surface area contributed by atoms with Crippen LogP contribution in [0.25, 0.3) is 0 Å². The summed E-state index contributed by atoms with van der Waals surface area (Å²) in [6.45, 7) is 3.39. The minimum atomic E-state index is -0.621. The Morgan fingerprint density at radius 1 is 0.625 bits per heavy atom. The van der Waals surface area contributed by atoms with Gasteiger partial charge in [-0.25, -0.2) is 0 Å². The molecule has 0 fully saturated rings. The van der Waals surface area contributed by atoms with Crippen LogP contribution in [0.3, 0.4) is 0 Å². The second-order valence-electron chi connectivity index (χ2n) is 3.33. The van der Waals surface area contributed by atoms with Crippen molar-refractivity contribution < 1.29 is 14.0 Å². The summed E-state index contributed by atoms with van der Waals surface area (Å²) in [4.78, 5) is 0. The highest BCUT2D eigenvalue weighted by molar-refractivity contribution is 6.36. The monoisotopic (exact) mass is 233 g/mol. The molecule has 0 bridgehead atoms. The molecule has 0 spiro atoms. The summed E-state index contributed by atoms with van der Waals surface area (Å²) in [5, 5.41) is 0. The summed E-state index contributed by atoms with van der Waals surface area (Å²) in [5.41, 5.74) is 16.1. The first-order chi connectivity index (χ1) is 7.85. The van der Waals surface area contributed by atoms with Crippen LogP contribution in [0.5, 0.6) is 0 Å². The molecule has 7 heteroatoms. The van der Waals surface area contributed by atoms with E-state index in [1.165, 1.54) is 0 Å². The van der Waals surface area contributed by atoms with Crippen LogP contribution in [0.1, 0.15) is 19.3 Å². The van der Waals surface area contributed by atoms with Gasteiger partial charge in [0.15, 0.2) is 0 Å². The minimum absolute atomic E-state index is 0.534. The van der Waals surface area contributed by atoms with Gasteiger partial charge in [-0.1, -0.05) is 0 Å². The van der Waals surface area contributed by atoms with Crippen molar-refractivity contribution in [1.82, 2.24) is 0 Å². The predicted molar refractivity (Wildman–Crippen MR) is 64.6 cm³/mol. The van der Waals surface area contributed by atoms with Crippen LogP contribution in [-0.2, 0) is 14.0 Å². The fraction of sp³-hybridized carbons (Fsp3) is 1.00. The average molecular weight is 233 g/mol. The van der Waals surface area contributed by atoms with Crippen LogP contribution in [0.4, 0.5) is 0 Å². The summed E-state index contributed by atoms with van der Waals surface area (Å²) < 4.78 is 16.1. The van der Waals surface area contributed by atoms with Gasteiger partial charge in [0.2, 0.25) is 0 Å². The van der Waals surface area contributed by atoms with Gasteiger partial charge in [0, 0.05) is 19.8 Å². The summed E-state index contributed by atoms with van der Waals surface area (Å²) in [5.74, 6) is 0. The number of nitrogens with two attached hydrogens (primary N) is 3. The van der Waals surface area contributed by atoms with Crippen molar-refractivity contribution in [3.8, 4) is 0 Å². The highest BCUT2D eigenvalue weighted by atomic mass is 16.7. The third-order valence-electron chi connectivity index (χ3n) is 1.81. The van der Waals surface area contributed by atoms with Gasteiger partial charge in [0.05, 0.1) is 0 Å². The zero-order valence-corrected chi connectivity index (χ0v) is 9.90. The Kier molecular flexibility index (Phi) is 12.8. The van der Waals surface area contributed by atoms with E-state index in [2.05, 4.69) is 0 Å². The molecule has 0 heterocycles. The lowest BCUT2D eigenvalue weighted by Gasteiger charge is -2.13. The lowest BCUT2D eigenvalue weighted by Crippen LogP contribution is -2.30. The van der Waals surface area contributed by atoms with E-state index in [0.29, 0.717) is 39.5 Å². The van der Waals surface area contributed by atoms with Gasteiger partial charge in [-0.05, 0) is 38.9 Å². The maximum absolute atomic E-state index is 5.37. The van der Waals surface area contributed by atoms with Gasteiger partial charge in [-0.2, -0.15) is 0 Å². The van der Waals surface area contributed by atoms with Crippen molar-refractivity contribution in [2.75, 3.05) is 39.5 Å². The van der Waals surface area contributed by atoms with E-state index < -0.39 is 7.32 Å². The van der Waals surface area contributed by atoms with Crippen molar-refractivity contribution in [3.63, 3.8) is 0 Å². The highest BCUT2D eigenvalue weighted by Crippen LogP contribution is 1.96. The number of rotatable bonds is 12. The van der Waals surface area contributed by atoms with E-state index >= 15 is 0 Å². The topological polar surface area (TPSA) is 106 Å². The molecule has 6 N–H and O–H groups in total. The third-order valence-corrected chi connectivity index (χ3v) is 1.81. The quantitative estimate of drug-likeness (QED) is 0.297. The predicted octanol–water partition coefficient (Wildman–Crippen LogP) is -0.932. The van der Waals surface area contributed by atoms with Crippen LogP contribution in [0.15, 0.2) is 0 Å². The molecule has 16 heavy (non-hydrogen) atoms. The molecule has 0 aliphatic heterocycles. The Balaban J connectivity index is 3.58. The molecule has 96 valence electrons. The summed E-state index contributed by atoms with van der Waals surface area (Å²) in [6, 6.07) is 0. The average Bonchev–Trinajstić information content (AvgIpc) is 2.29. The van der Waals surface area contributed by atoms with Crippen LogP contribution in [0.2, 0.25) is 0 Å². The number of hydrogen-bond acceptors (Lipinski definition) is 6. The zero-order valence-electron chi connectivity index (χ0n) is 9.90. The molecule has 0 aromatic carbocycles. The molecule has 6 nitrogen and oxygen atoms in total. The van der Waals surface area contributed by atoms with Crippen LogP contribution in [0, 0.1) is 0 Å². The van der Waals surface area contributed by atoms with E-state index in [4.69, 9.17) is 31.2 Å². The SMILES string of the molecule is NCCCOB(OCCCN)OCCCN. The Hall–Kier alpha value is -0.175. The largest absolute Gasteiger partial charge is 0.639 e. The second-order valence-corrected chi connectivity index (χ2v) is 3.33. The second kappa shape index (κ2) is 12.9. The van der Waals surface area contributed by atoms with Crippen molar-refractivity contribution in [1.29, 1.82) is 0 Å². The zero-order chi connectivity index (χ0) is 12.1. The number of hydrogen-bond donors (Lipinski definition) is 3. The summed E-state index contributed by atoms with van der Waals surface area (Å²) in [7, 11) is -0.621. The molecule has 0 aromatic heterocycles. The standard InChI is InChI=1S/C9H24BN3O3/c11-4-1-7-14-10(15-8-2-5-12)16-9-3-6-13/h1-9,11-13H2. The molecule has 0 amide bonds. The fourth-order valence-corrected chi connectivity index (χ4v) is 0.933. The first kappa shape index (κ1) is 15.8. The molecule has 0 unspecified atom stereocenters. The van der Waals surface area contributed by atoms with Gasteiger partial charge >= 0.3 is 7.32 Å². The third kappa shape index (κ3) is 10.3. The van der Waals surface area contributed by atoms with Gasteiger partial charge < -0.3 is 31.2 Å². The van der Waals surface area contributed by atoms with E-state index in [9.17, 15) is 0 Å². The first-order valence-electron chi connectivity index (χ1n) is 5.80. The van der Waals surface area contributed by atoms with Crippen molar-refractivity contribution >= 4 is 7.32 Å². The lowest BCUT2D eigenvalue weighted by atomic mass is 10.2. The van der Waals surface area contributed by atoms with Crippen LogP contribution >= 0.6 is 0 Å². The molecular formula is C9H24BN3O3. The first-order valence-corrected chi connectivity index (χ1v) is 5.80. The fourth-order valence-electron chi connectivity index (χ4n) is 0.933. The summed E-state index contributed by atoms with van der Waals surface area (Å²) in [6.07, 6.45) is 2.37. The maximum atomic E-state index is 5.37.